The van der Waals surface area contributed by atoms with E-state index in [0.29, 0.717) is 0 Å². The zero-order valence-electron chi connectivity index (χ0n) is 12.7. The lowest BCUT2D eigenvalue weighted by atomic mass is 10.0. The van der Waals surface area contributed by atoms with Crippen LogP contribution in [0.2, 0.25) is 0 Å². The molecule has 0 aliphatic heterocycles. The molecular weight excluding hydrogens is 312 g/mol. The van der Waals surface area contributed by atoms with Crippen LogP contribution < -0.4 is 0 Å². The molecular formula is C18H18S3. The molecule has 0 N–H and O–H groups in total. The van der Waals surface area contributed by atoms with E-state index in [0.717, 1.165) is 0 Å². The van der Waals surface area contributed by atoms with Crippen LogP contribution in [0.5, 0.6) is 0 Å². The van der Waals surface area contributed by atoms with Crippen LogP contribution in [0.25, 0.3) is 26.1 Å². The van der Waals surface area contributed by atoms with Gasteiger partial charge in [0.1, 0.15) is 0 Å². The summed E-state index contributed by atoms with van der Waals surface area (Å²) >= 11 is 5.64. The number of hydrogen-bond donors (Lipinski definition) is 0. The molecule has 0 saturated carbocycles. The second-order valence-electron chi connectivity index (χ2n) is 4.98. The van der Waals surface area contributed by atoms with Gasteiger partial charge in [-0.2, -0.15) is 11.3 Å². The maximum atomic E-state index is 2.26. The van der Waals surface area contributed by atoms with Gasteiger partial charge in [0.05, 0.1) is 9.40 Å². The molecule has 0 unspecified atom stereocenters. The average molecular weight is 331 g/mol. The van der Waals surface area contributed by atoms with Crippen molar-refractivity contribution in [2.24, 2.45) is 0 Å². The van der Waals surface area contributed by atoms with E-state index in [1.807, 2.05) is 22.7 Å². The van der Waals surface area contributed by atoms with Crippen molar-refractivity contribution in [3.8, 4) is 11.1 Å². The van der Waals surface area contributed by atoms with E-state index in [4.69, 9.17) is 0 Å². The van der Waals surface area contributed by atoms with Gasteiger partial charge in [-0.1, -0.05) is 18.2 Å². The summed E-state index contributed by atoms with van der Waals surface area (Å²) in [5, 5.41) is 4.42. The first-order valence-corrected chi connectivity index (χ1v) is 9.59. The van der Waals surface area contributed by atoms with Crippen molar-refractivity contribution in [2.45, 2.75) is 27.7 Å². The lowest BCUT2D eigenvalue weighted by Crippen LogP contribution is -1.79. The Bertz CT molecular complexity index is 824. The van der Waals surface area contributed by atoms with Crippen LogP contribution in [0.1, 0.15) is 29.2 Å². The molecule has 0 fully saturated rings. The van der Waals surface area contributed by atoms with Gasteiger partial charge in [0.2, 0.25) is 0 Å². The fourth-order valence-corrected chi connectivity index (χ4v) is 6.15. The van der Waals surface area contributed by atoms with E-state index in [9.17, 15) is 0 Å². The molecule has 0 saturated heterocycles. The summed E-state index contributed by atoms with van der Waals surface area (Å²) in [7, 11) is 0. The molecule has 0 aliphatic carbocycles. The van der Waals surface area contributed by atoms with Crippen molar-refractivity contribution >= 4 is 49.0 Å². The zero-order chi connectivity index (χ0) is 15.0. The summed E-state index contributed by atoms with van der Waals surface area (Å²) in [6.07, 6.45) is 6.56. The molecule has 0 atom stereocenters. The summed E-state index contributed by atoms with van der Waals surface area (Å²) in [5.74, 6) is 0. The average Bonchev–Trinajstić information content (AvgIpc) is 3.13. The third-order valence-corrected chi connectivity index (χ3v) is 6.69. The number of aryl methyl sites for hydroxylation is 2. The van der Waals surface area contributed by atoms with Crippen LogP contribution in [0.4, 0.5) is 0 Å². The fraction of sp³-hybridized carbons (Fsp3) is 0.222. The lowest BCUT2D eigenvalue weighted by Gasteiger charge is -2.01. The molecule has 3 aromatic rings. The summed E-state index contributed by atoms with van der Waals surface area (Å²) in [5.41, 5.74) is 5.56. The summed E-state index contributed by atoms with van der Waals surface area (Å²) in [4.78, 5) is 2.84. The number of thiophene rings is 3. The van der Waals surface area contributed by atoms with E-state index in [2.05, 4.69) is 62.7 Å². The van der Waals surface area contributed by atoms with E-state index in [1.165, 1.54) is 41.4 Å². The Morgan fingerprint density at radius 3 is 2.43 bits per heavy atom. The SMILES string of the molecule is C/C=C\C(=C/C)c1c(C)sc2c(-c3ccsc3)c(C)sc12. The Hall–Kier alpha value is -1.16. The number of allylic oxidation sites excluding steroid dienone is 4. The van der Waals surface area contributed by atoms with Crippen molar-refractivity contribution in [3.63, 3.8) is 0 Å². The Morgan fingerprint density at radius 2 is 1.81 bits per heavy atom. The molecule has 3 heterocycles. The van der Waals surface area contributed by atoms with Gasteiger partial charge in [-0.05, 0) is 55.7 Å². The van der Waals surface area contributed by atoms with E-state index in [-0.39, 0.29) is 0 Å². The zero-order valence-corrected chi connectivity index (χ0v) is 15.1. The quantitative estimate of drug-likeness (QED) is 0.442. The first-order chi connectivity index (χ1) is 10.2. The fourth-order valence-electron chi connectivity index (χ4n) is 2.73. The van der Waals surface area contributed by atoms with Crippen molar-refractivity contribution < 1.29 is 0 Å². The van der Waals surface area contributed by atoms with Gasteiger partial charge in [0, 0.05) is 20.9 Å². The molecule has 0 nitrogen and oxygen atoms in total. The predicted molar refractivity (Wildman–Crippen MR) is 101 cm³/mol. The molecule has 0 amide bonds. The molecule has 0 radical (unpaired) electrons. The smallest absolute Gasteiger partial charge is 0.0541 e. The summed E-state index contributed by atoms with van der Waals surface area (Å²) in [6, 6.07) is 2.23. The number of fused-ring (bicyclic) bond motifs is 1. The van der Waals surface area contributed by atoms with E-state index in [1.54, 1.807) is 11.3 Å². The summed E-state index contributed by atoms with van der Waals surface area (Å²) < 4.78 is 2.90. The van der Waals surface area contributed by atoms with Gasteiger partial charge in [-0.25, -0.2) is 0 Å². The van der Waals surface area contributed by atoms with Crippen LogP contribution in [-0.4, -0.2) is 0 Å². The standard InChI is InChI=1S/C18H18S3/c1-5-7-13(6-2)15-11(3)20-18-16(12(4)21-17(15)18)14-8-9-19-10-14/h5-10H,1-4H3/b7-5-,13-6+. The monoisotopic (exact) mass is 330 g/mol. The van der Waals surface area contributed by atoms with E-state index >= 15 is 0 Å². The highest BCUT2D eigenvalue weighted by Gasteiger charge is 2.19. The largest absolute Gasteiger partial charge is 0.152 e. The minimum atomic E-state index is 1.33. The molecule has 0 bridgehead atoms. The molecule has 3 heteroatoms. The van der Waals surface area contributed by atoms with Crippen molar-refractivity contribution in [1.82, 2.24) is 0 Å². The van der Waals surface area contributed by atoms with Gasteiger partial charge in [-0.3, -0.25) is 0 Å². The van der Waals surface area contributed by atoms with E-state index < -0.39 is 0 Å². The predicted octanol–water partition coefficient (Wildman–Crippen LogP) is 7.29. The van der Waals surface area contributed by atoms with Gasteiger partial charge < -0.3 is 0 Å². The van der Waals surface area contributed by atoms with Crippen LogP contribution in [0.15, 0.2) is 35.1 Å². The molecule has 0 aliphatic rings. The maximum absolute atomic E-state index is 2.26. The van der Waals surface area contributed by atoms with Gasteiger partial charge in [-0.15, -0.1) is 22.7 Å². The lowest BCUT2D eigenvalue weighted by molar-refractivity contribution is 1.57. The van der Waals surface area contributed by atoms with Gasteiger partial charge in [0.25, 0.3) is 0 Å². The highest BCUT2D eigenvalue weighted by Crippen LogP contribution is 2.47. The highest BCUT2D eigenvalue weighted by molar-refractivity contribution is 7.29. The normalized spacial score (nSPS) is 12.9. The molecule has 3 aromatic heterocycles. The molecule has 21 heavy (non-hydrogen) atoms. The maximum Gasteiger partial charge on any atom is 0.0541 e. The topological polar surface area (TPSA) is 0 Å². The molecule has 108 valence electrons. The van der Waals surface area contributed by atoms with Crippen LogP contribution >= 0.6 is 34.0 Å². The van der Waals surface area contributed by atoms with Crippen molar-refractivity contribution in [3.05, 3.63) is 50.4 Å². The van der Waals surface area contributed by atoms with Gasteiger partial charge in [0.15, 0.2) is 0 Å². The minimum absolute atomic E-state index is 1.33. The Labute approximate surface area is 138 Å². The van der Waals surface area contributed by atoms with Crippen molar-refractivity contribution in [2.75, 3.05) is 0 Å². The molecule has 0 spiro atoms. The third kappa shape index (κ3) is 2.44. The summed E-state index contributed by atoms with van der Waals surface area (Å²) in [6.45, 7) is 8.69. The minimum Gasteiger partial charge on any atom is -0.152 e. The third-order valence-electron chi connectivity index (χ3n) is 3.63. The second-order valence-corrected chi connectivity index (χ2v) is 8.21. The highest BCUT2D eigenvalue weighted by atomic mass is 32.1. The van der Waals surface area contributed by atoms with Crippen LogP contribution in [0, 0.1) is 13.8 Å². The molecule has 3 rings (SSSR count). The van der Waals surface area contributed by atoms with Gasteiger partial charge >= 0.3 is 0 Å². The van der Waals surface area contributed by atoms with Crippen LogP contribution in [0.3, 0.4) is 0 Å². The number of rotatable bonds is 3. The second kappa shape index (κ2) is 5.91. The van der Waals surface area contributed by atoms with Crippen LogP contribution in [-0.2, 0) is 0 Å². The first-order valence-electron chi connectivity index (χ1n) is 7.01. The Morgan fingerprint density at radius 1 is 1.05 bits per heavy atom. The number of hydrogen-bond acceptors (Lipinski definition) is 3. The van der Waals surface area contributed by atoms with Crippen molar-refractivity contribution in [1.29, 1.82) is 0 Å². The Kier molecular flexibility index (Phi) is 4.16. The molecule has 0 aromatic carbocycles. The Balaban J connectivity index is 2.30. The first kappa shape index (κ1) is 14.8.